The molecule has 0 spiro atoms. The average Bonchev–Trinajstić information content (AvgIpc) is 2.83. The largest absolute Gasteiger partial charge is 0.495 e. The zero-order valence-electron chi connectivity index (χ0n) is 18.5. The number of fused-ring (bicyclic) bond motifs is 1. The number of sulfonamides is 1. The Labute approximate surface area is 192 Å². The number of rotatable bonds is 7. The van der Waals surface area contributed by atoms with Gasteiger partial charge in [-0.05, 0) is 43.3 Å². The Hall–Kier alpha value is -3.53. The number of benzene rings is 2. The SMILES string of the molecule is CCS(=O)(=O)Nc1ccc2nc(N3CCN(c4ccccc4OC)CC3)cc(C(=O)O)c2c1. The van der Waals surface area contributed by atoms with Crippen molar-refractivity contribution in [1.29, 1.82) is 0 Å². The van der Waals surface area contributed by atoms with E-state index in [9.17, 15) is 18.3 Å². The van der Waals surface area contributed by atoms with Crippen LogP contribution in [0.2, 0.25) is 0 Å². The van der Waals surface area contributed by atoms with Gasteiger partial charge in [-0.25, -0.2) is 18.2 Å². The smallest absolute Gasteiger partial charge is 0.336 e. The summed E-state index contributed by atoms with van der Waals surface area (Å²) < 4.78 is 31.7. The lowest BCUT2D eigenvalue weighted by Gasteiger charge is -2.37. The van der Waals surface area contributed by atoms with Gasteiger partial charge in [-0.2, -0.15) is 0 Å². The summed E-state index contributed by atoms with van der Waals surface area (Å²) in [5.74, 6) is 0.236. The van der Waals surface area contributed by atoms with Crippen LogP contribution in [0.4, 0.5) is 17.2 Å². The van der Waals surface area contributed by atoms with Gasteiger partial charge in [0.05, 0.1) is 29.6 Å². The van der Waals surface area contributed by atoms with E-state index < -0.39 is 16.0 Å². The number of carbonyl (C=O) groups is 1. The van der Waals surface area contributed by atoms with Gasteiger partial charge in [0.25, 0.3) is 0 Å². The van der Waals surface area contributed by atoms with Crippen molar-refractivity contribution in [3.05, 3.63) is 54.1 Å². The highest BCUT2D eigenvalue weighted by Gasteiger charge is 2.22. The number of aromatic carboxylic acids is 1. The van der Waals surface area contributed by atoms with E-state index >= 15 is 0 Å². The lowest BCUT2D eigenvalue weighted by molar-refractivity contribution is 0.0699. The predicted molar refractivity (Wildman–Crippen MR) is 129 cm³/mol. The molecule has 0 bridgehead atoms. The first-order chi connectivity index (χ1) is 15.8. The molecule has 2 aromatic carbocycles. The van der Waals surface area contributed by atoms with Crippen LogP contribution in [0.15, 0.2) is 48.5 Å². The number of pyridine rings is 1. The Kier molecular flexibility index (Phi) is 6.28. The van der Waals surface area contributed by atoms with Crippen LogP contribution in [0.3, 0.4) is 0 Å². The Morgan fingerprint density at radius 2 is 1.79 bits per heavy atom. The predicted octanol–water partition coefficient (Wildman–Crippen LogP) is 3.03. The number of aromatic nitrogens is 1. The van der Waals surface area contributed by atoms with Crippen LogP contribution in [0.5, 0.6) is 5.75 Å². The highest BCUT2D eigenvalue weighted by atomic mass is 32.2. The third kappa shape index (κ3) is 4.80. The highest BCUT2D eigenvalue weighted by Crippen LogP contribution is 2.30. The third-order valence-electron chi connectivity index (χ3n) is 5.71. The standard InChI is InChI=1S/C23H26N4O5S/c1-3-33(30,31)25-16-8-9-19-17(14-16)18(23(28)29)15-22(24-19)27-12-10-26(11-13-27)20-6-4-5-7-21(20)32-2/h4-9,14-15,25H,3,10-13H2,1-2H3,(H,28,29). The molecule has 1 fully saturated rings. The number of carboxylic acid groups (broad SMARTS) is 1. The van der Waals surface area contributed by atoms with E-state index in [-0.39, 0.29) is 11.3 Å². The summed E-state index contributed by atoms with van der Waals surface area (Å²) in [5, 5.41) is 10.2. The maximum absolute atomic E-state index is 12.0. The zero-order valence-corrected chi connectivity index (χ0v) is 19.3. The van der Waals surface area contributed by atoms with E-state index in [1.165, 1.54) is 13.0 Å². The van der Waals surface area contributed by atoms with E-state index in [4.69, 9.17) is 4.74 Å². The van der Waals surface area contributed by atoms with Gasteiger partial charge in [0, 0.05) is 37.3 Å². The highest BCUT2D eigenvalue weighted by molar-refractivity contribution is 7.92. The molecule has 0 radical (unpaired) electrons. The van der Waals surface area contributed by atoms with Gasteiger partial charge >= 0.3 is 5.97 Å². The van der Waals surface area contributed by atoms with Crippen molar-refractivity contribution in [1.82, 2.24) is 4.98 Å². The van der Waals surface area contributed by atoms with E-state index in [1.807, 2.05) is 24.3 Å². The molecule has 0 saturated carbocycles. The number of ether oxygens (including phenoxy) is 1. The molecule has 2 N–H and O–H groups in total. The fourth-order valence-electron chi connectivity index (χ4n) is 3.93. The van der Waals surface area contributed by atoms with Crippen LogP contribution < -0.4 is 19.3 Å². The van der Waals surface area contributed by atoms with Gasteiger partial charge in [-0.15, -0.1) is 0 Å². The molecular weight excluding hydrogens is 444 g/mol. The number of carboxylic acids is 1. The molecule has 0 amide bonds. The Balaban J connectivity index is 1.60. The summed E-state index contributed by atoms with van der Waals surface area (Å²) in [6.45, 7) is 4.35. The minimum absolute atomic E-state index is 0.0746. The lowest BCUT2D eigenvalue weighted by Crippen LogP contribution is -2.47. The molecule has 0 unspecified atom stereocenters. The number of para-hydroxylation sites is 2. The summed E-state index contributed by atoms with van der Waals surface area (Å²) in [6, 6.07) is 14.2. The van der Waals surface area contributed by atoms with Crippen molar-refractivity contribution in [2.75, 3.05) is 53.6 Å². The summed E-state index contributed by atoms with van der Waals surface area (Å²) in [4.78, 5) is 21.0. The van der Waals surface area contributed by atoms with E-state index in [0.717, 1.165) is 24.5 Å². The number of nitrogens with zero attached hydrogens (tertiary/aromatic N) is 3. The van der Waals surface area contributed by atoms with Gasteiger partial charge in [-0.1, -0.05) is 12.1 Å². The molecule has 4 rings (SSSR count). The van der Waals surface area contributed by atoms with Gasteiger partial charge in [0.1, 0.15) is 11.6 Å². The van der Waals surface area contributed by atoms with E-state index in [0.29, 0.717) is 35.5 Å². The minimum atomic E-state index is -3.47. The van der Waals surface area contributed by atoms with Crippen molar-refractivity contribution in [2.24, 2.45) is 0 Å². The number of hydrogen-bond acceptors (Lipinski definition) is 7. The van der Waals surface area contributed by atoms with Gasteiger partial charge in [0.2, 0.25) is 10.0 Å². The van der Waals surface area contributed by atoms with Crippen LogP contribution in [0, 0.1) is 0 Å². The first-order valence-corrected chi connectivity index (χ1v) is 12.3. The fourth-order valence-corrected chi connectivity index (χ4v) is 4.56. The first-order valence-electron chi connectivity index (χ1n) is 10.6. The monoisotopic (exact) mass is 470 g/mol. The van der Waals surface area contributed by atoms with Gasteiger partial charge in [-0.3, -0.25) is 4.72 Å². The van der Waals surface area contributed by atoms with Crippen LogP contribution in [0.25, 0.3) is 10.9 Å². The second kappa shape index (κ2) is 9.14. The topological polar surface area (TPSA) is 112 Å². The lowest BCUT2D eigenvalue weighted by atomic mass is 10.1. The Morgan fingerprint density at radius 1 is 1.09 bits per heavy atom. The maximum atomic E-state index is 12.0. The number of hydrogen-bond donors (Lipinski definition) is 2. The van der Waals surface area contributed by atoms with Crippen molar-refractivity contribution in [3.63, 3.8) is 0 Å². The average molecular weight is 471 g/mol. The molecule has 174 valence electrons. The molecule has 1 saturated heterocycles. The van der Waals surface area contributed by atoms with E-state index in [2.05, 4.69) is 19.5 Å². The normalized spacial score (nSPS) is 14.4. The molecule has 0 aliphatic carbocycles. The Morgan fingerprint density at radius 3 is 2.45 bits per heavy atom. The summed E-state index contributed by atoms with van der Waals surface area (Å²) in [7, 11) is -1.82. The third-order valence-corrected chi connectivity index (χ3v) is 7.02. The summed E-state index contributed by atoms with van der Waals surface area (Å²) >= 11 is 0. The molecule has 10 heteroatoms. The van der Waals surface area contributed by atoms with Crippen molar-refractivity contribution in [3.8, 4) is 5.75 Å². The van der Waals surface area contributed by atoms with Crippen molar-refractivity contribution < 1.29 is 23.1 Å². The number of methoxy groups -OCH3 is 1. The van der Waals surface area contributed by atoms with Crippen LogP contribution >= 0.6 is 0 Å². The molecule has 3 aromatic rings. The van der Waals surface area contributed by atoms with Crippen LogP contribution in [-0.2, 0) is 10.0 Å². The molecule has 0 atom stereocenters. The summed E-state index contributed by atoms with van der Waals surface area (Å²) in [5.41, 5.74) is 1.92. The second-order valence-corrected chi connectivity index (χ2v) is 9.73. The second-order valence-electron chi connectivity index (χ2n) is 7.72. The number of piperazine rings is 1. The summed E-state index contributed by atoms with van der Waals surface area (Å²) in [6.07, 6.45) is 0. The Bertz CT molecular complexity index is 1290. The van der Waals surface area contributed by atoms with Crippen LogP contribution in [0.1, 0.15) is 17.3 Å². The molecule has 33 heavy (non-hydrogen) atoms. The number of nitrogens with one attached hydrogen (secondary N) is 1. The van der Waals surface area contributed by atoms with Gasteiger partial charge < -0.3 is 19.6 Å². The molecule has 1 aliphatic heterocycles. The van der Waals surface area contributed by atoms with E-state index in [1.54, 1.807) is 25.3 Å². The number of anilines is 3. The quantitative estimate of drug-likeness (QED) is 0.542. The molecule has 9 nitrogen and oxygen atoms in total. The first kappa shape index (κ1) is 22.7. The fraction of sp³-hybridized carbons (Fsp3) is 0.304. The van der Waals surface area contributed by atoms with Crippen molar-refractivity contribution in [2.45, 2.75) is 6.92 Å². The van der Waals surface area contributed by atoms with Crippen molar-refractivity contribution >= 4 is 44.1 Å². The molecule has 1 aromatic heterocycles. The molecular formula is C23H26N4O5S. The molecule has 2 heterocycles. The van der Waals surface area contributed by atoms with Gasteiger partial charge in [0.15, 0.2) is 0 Å². The zero-order chi connectivity index (χ0) is 23.6. The minimum Gasteiger partial charge on any atom is -0.495 e. The maximum Gasteiger partial charge on any atom is 0.336 e. The van der Waals surface area contributed by atoms with Crippen LogP contribution in [-0.4, -0.2) is 63.5 Å². The molecule has 1 aliphatic rings.